The molecule has 5 heteroatoms. The van der Waals surface area contributed by atoms with Crippen LogP contribution in [-0.4, -0.2) is 12.6 Å². The van der Waals surface area contributed by atoms with Crippen LogP contribution in [-0.2, 0) is 0 Å². The van der Waals surface area contributed by atoms with Gasteiger partial charge in [0, 0.05) is 5.56 Å². The molecule has 0 saturated carbocycles. The standard InChI is InChI=1S/C9H7F3O2/c1-6-2-3-8(4-7(6)5-13)14-9(10,11)12/h2-5H,1H3. The maximum atomic E-state index is 11.8. The lowest BCUT2D eigenvalue weighted by atomic mass is 10.1. The Kier molecular flexibility index (Phi) is 2.78. The van der Waals surface area contributed by atoms with Gasteiger partial charge in [-0.05, 0) is 24.6 Å². The summed E-state index contributed by atoms with van der Waals surface area (Å²) in [5.74, 6) is -0.384. The molecule has 0 spiro atoms. The smallest absolute Gasteiger partial charge is 0.406 e. The Morgan fingerprint density at radius 2 is 2.00 bits per heavy atom. The van der Waals surface area contributed by atoms with Crippen LogP contribution in [0.25, 0.3) is 0 Å². The first-order valence-corrected chi connectivity index (χ1v) is 3.74. The van der Waals surface area contributed by atoms with Crippen LogP contribution in [0.3, 0.4) is 0 Å². The van der Waals surface area contributed by atoms with E-state index in [1.165, 1.54) is 6.07 Å². The molecule has 0 aliphatic rings. The van der Waals surface area contributed by atoms with Crippen molar-refractivity contribution in [1.82, 2.24) is 0 Å². The van der Waals surface area contributed by atoms with Crippen LogP contribution in [0.2, 0.25) is 0 Å². The third-order valence-electron chi connectivity index (χ3n) is 1.61. The average Bonchev–Trinajstić information content (AvgIpc) is 2.06. The normalized spacial score (nSPS) is 11.1. The summed E-state index contributed by atoms with van der Waals surface area (Å²) in [6, 6.07) is 3.61. The molecule has 2 nitrogen and oxygen atoms in total. The number of hydrogen-bond donors (Lipinski definition) is 0. The topological polar surface area (TPSA) is 26.3 Å². The lowest BCUT2D eigenvalue weighted by Crippen LogP contribution is -2.17. The molecule has 76 valence electrons. The van der Waals surface area contributed by atoms with E-state index in [-0.39, 0.29) is 11.3 Å². The molecule has 0 aliphatic carbocycles. The van der Waals surface area contributed by atoms with Gasteiger partial charge in [0.2, 0.25) is 0 Å². The first-order chi connectivity index (χ1) is 6.42. The minimum Gasteiger partial charge on any atom is -0.406 e. The molecule has 0 bridgehead atoms. The Balaban J connectivity index is 2.95. The van der Waals surface area contributed by atoms with Crippen molar-refractivity contribution in [3.8, 4) is 5.75 Å². The molecule has 0 heterocycles. The maximum absolute atomic E-state index is 11.8. The summed E-state index contributed by atoms with van der Waals surface area (Å²) in [5, 5.41) is 0. The van der Waals surface area contributed by atoms with E-state index in [1.807, 2.05) is 0 Å². The van der Waals surface area contributed by atoms with Gasteiger partial charge in [-0.15, -0.1) is 13.2 Å². The molecule has 0 N–H and O–H groups in total. The Morgan fingerprint density at radius 1 is 1.36 bits per heavy atom. The molecule has 0 aromatic heterocycles. The molecule has 1 rings (SSSR count). The van der Waals surface area contributed by atoms with Crippen molar-refractivity contribution in [2.75, 3.05) is 0 Å². The van der Waals surface area contributed by atoms with Gasteiger partial charge in [0.1, 0.15) is 12.0 Å². The molecule has 0 amide bonds. The number of alkyl halides is 3. The molecule has 0 saturated heterocycles. The second-order valence-corrected chi connectivity index (χ2v) is 2.68. The lowest BCUT2D eigenvalue weighted by molar-refractivity contribution is -0.274. The van der Waals surface area contributed by atoms with Gasteiger partial charge in [-0.25, -0.2) is 0 Å². The SMILES string of the molecule is Cc1ccc(OC(F)(F)F)cc1C=O. The van der Waals surface area contributed by atoms with Crippen LogP contribution in [0.15, 0.2) is 18.2 Å². The summed E-state index contributed by atoms with van der Waals surface area (Å²) in [4.78, 5) is 10.4. The van der Waals surface area contributed by atoms with Gasteiger partial charge in [0.15, 0.2) is 0 Å². The zero-order valence-corrected chi connectivity index (χ0v) is 7.26. The number of benzene rings is 1. The largest absolute Gasteiger partial charge is 0.573 e. The van der Waals surface area contributed by atoms with Gasteiger partial charge in [-0.1, -0.05) is 6.07 Å². The third-order valence-corrected chi connectivity index (χ3v) is 1.61. The van der Waals surface area contributed by atoms with Gasteiger partial charge in [0.05, 0.1) is 0 Å². The highest BCUT2D eigenvalue weighted by Crippen LogP contribution is 2.24. The van der Waals surface area contributed by atoms with E-state index < -0.39 is 6.36 Å². The summed E-state index contributed by atoms with van der Waals surface area (Å²) in [6.07, 6.45) is -4.24. The number of rotatable bonds is 2. The van der Waals surface area contributed by atoms with Crippen LogP contribution in [0.1, 0.15) is 15.9 Å². The fourth-order valence-electron chi connectivity index (χ4n) is 0.943. The summed E-state index contributed by atoms with van der Waals surface area (Å²) in [6.45, 7) is 1.63. The Morgan fingerprint density at radius 3 is 2.50 bits per heavy atom. The Bertz CT molecular complexity index is 344. The molecule has 0 fully saturated rings. The molecule has 0 radical (unpaired) electrons. The molecular formula is C9H7F3O2. The average molecular weight is 204 g/mol. The lowest BCUT2D eigenvalue weighted by Gasteiger charge is -2.09. The van der Waals surface area contributed by atoms with Gasteiger partial charge in [-0.3, -0.25) is 4.79 Å². The highest BCUT2D eigenvalue weighted by atomic mass is 19.4. The van der Waals surface area contributed by atoms with Crippen LogP contribution in [0, 0.1) is 6.92 Å². The van der Waals surface area contributed by atoms with Gasteiger partial charge >= 0.3 is 6.36 Å². The van der Waals surface area contributed by atoms with Crippen LogP contribution < -0.4 is 4.74 Å². The summed E-state index contributed by atoms with van der Waals surface area (Å²) >= 11 is 0. The second kappa shape index (κ2) is 3.69. The number of aldehydes is 1. The fourth-order valence-corrected chi connectivity index (χ4v) is 0.943. The Labute approximate surface area is 78.3 Å². The van der Waals surface area contributed by atoms with E-state index in [0.717, 1.165) is 12.1 Å². The van der Waals surface area contributed by atoms with Crippen molar-refractivity contribution >= 4 is 6.29 Å². The molecule has 1 aromatic rings. The predicted molar refractivity (Wildman–Crippen MR) is 43.2 cm³/mol. The highest BCUT2D eigenvalue weighted by molar-refractivity contribution is 5.77. The quantitative estimate of drug-likeness (QED) is 0.692. The van der Waals surface area contributed by atoms with Crippen molar-refractivity contribution in [2.45, 2.75) is 13.3 Å². The molecule has 0 aliphatic heterocycles. The third kappa shape index (κ3) is 2.76. The van der Waals surface area contributed by atoms with E-state index in [1.54, 1.807) is 6.92 Å². The van der Waals surface area contributed by atoms with Crippen molar-refractivity contribution in [3.05, 3.63) is 29.3 Å². The number of carbonyl (C=O) groups excluding carboxylic acids is 1. The zero-order chi connectivity index (χ0) is 10.8. The van der Waals surface area contributed by atoms with Crippen LogP contribution >= 0.6 is 0 Å². The minimum absolute atomic E-state index is 0.187. The number of aryl methyl sites for hydroxylation is 1. The summed E-state index contributed by atoms with van der Waals surface area (Å²) in [5.41, 5.74) is 0.793. The molecule has 0 unspecified atom stereocenters. The fraction of sp³-hybridized carbons (Fsp3) is 0.222. The molecule has 0 atom stereocenters. The van der Waals surface area contributed by atoms with E-state index in [4.69, 9.17) is 0 Å². The number of carbonyl (C=O) groups is 1. The van der Waals surface area contributed by atoms with E-state index in [9.17, 15) is 18.0 Å². The molecule has 1 aromatic carbocycles. The van der Waals surface area contributed by atoms with Gasteiger partial charge in [0.25, 0.3) is 0 Å². The summed E-state index contributed by atoms with van der Waals surface area (Å²) < 4.78 is 38.9. The van der Waals surface area contributed by atoms with E-state index in [2.05, 4.69) is 4.74 Å². The Hall–Kier alpha value is -1.52. The van der Waals surface area contributed by atoms with E-state index in [0.29, 0.717) is 11.8 Å². The number of hydrogen-bond acceptors (Lipinski definition) is 2. The maximum Gasteiger partial charge on any atom is 0.573 e. The van der Waals surface area contributed by atoms with Gasteiger partial charge < -0.3 is 4.74 Å². The second-order valence-electron chi connectivity index (χ2n) is 2.68. The van der Waals surface area contributed by atoms with E-state index >= 15 is 0 Å². The first-order valence-electron chi connectivity index (χ1n) is 3.74. The van der Waals surface area contributed by atoms with Crippen molar-refractivity contribution in [2.24, 2.45) is 0 Å². The minimum atomic E-state index is -4.73. The highest BCUT2D eigenvalue weighted by Gasteiger charge is 2.31. The van der Waals surface area contributed by atoms with Crippen molar-refractivity contribution in [1.29, 1.82) is 0 Å². The van der Waals surface area contributed by atoms with Crippen molar-refractivity contribution in [3.63, 3.8) is 0 Å². The summed E-state index contributed by atoms with van der Waals surface area (Å²) in [7, 11) is 0. The van der Waals surface area contributed by atoms with Gasteiger partial charge in [-0.2, -0.15) is 0 Å². The number of halogens is 3. The predicted octanol–water partition coefficient (Wildman–Crippen LogP) is 2.71. The molecular weight excluding hydrogens is 197 g/mol. The monoisotopic (exact) mass is 204 g/mol. The first kappa shape index (κ1) is 10.6. The van der Waals surface area contributed by atoms with Crippen LogP contribution in [0.4, 0.5) is 13.2 Å². The zero-order valence-electron chi connectivity index (χ0n) is 7.26. The molecule has 14 heavy (non-hydrogen) atoms. The van der Waals surface area contributed by atoms with Crippen LogP contribution in [0.5, 0.6) is 5.75 Å². The van der Waals surface area contributed by atoms with Crippen molar-refractivity contribution < 1.29 is 22.7 Å². The number of ether oxygens (including phenoxy) is 1.